The van der Waals surface area contributed by atoms with E-state index in [-0.39, 0.29) is 38.7 Å². The van der Waals surface area contributed by atoms with Crippen LogP contribution in [-0.2, 0) is 30.4 Å². The zero-order valence-corrected chi connectivity index (χ0v) is 43.7. The van der Waals surface area contributed by atoms with Crippen molar-refractivity contribution in [3.8, 4) is 0 Å². The molecule has 0 spiro atoms. The summed E-state index contributed by atoms with van der Waals surface area (Å²) in [4.78, 5) is 57.0. The van der Waals surface area contributed by atoms with Gasteiger partial charge in [-0.25, -0.2) is 9.78 Å². The number of benzene rings is 8. The van der Waals surface area contributed by atoms with E-state index in [2.05, 4.69) is 10.6 Å². The number of hydrogen-bond acceptors (Lipinski definition) is 9. The van der Waals surface area contributed by atoms with Crippen molar-refractivity contribution >= 4 is 64.2 Å². The van der Waals surface area contributed by atoms with Crippen LogP contribution in [0.3, 0.4) is 0 Å². The number of carboxylic acid groups (broad SMARTS) is 1. The minimum absolute atomic E-state index is 0.00929. The molecular weight excluding hydrogens is 1020 g/mol. The van der Waals surface area contributed by atoms with Crippen LogP contribution in [0.1, 0.15) is 62.5 Å². The third-order valence-corrected chi connectivity index (χ3v) is 16.2. The van der Waals surface area contributed by atoms with Gasteiger partial charge in [-0.15, -0.1) is 12.6 Å². The molecule has 0 aliphatic carbocycles. The third-order valence-electron chi connectivity index (χ3n) is 14.5. The monoisotopic (exact) mass is 1070 g/mol. The second-order valence-corrected chi connectivity index (χ2v) is 20.9. The molecule has 3 atom stereocenters. The summed E-state index contributed by atoms with van der Waals surface area (Å²) in [5.74, 6) is -3.57. The molecule has 8 aromatic carbocycles. The Morgan fingerprint density at radius 2 is 1.03 bits per heavy atom. The molecular formula is C64H50ClN5O5S2. The summed E-state index contributed by atoms with van der Waals surface area (Å²) in [6.45, 7) is 0. The van der Waals surface area contributed by atoms with E-state index in [0.29, 0.717) is 21.8 Å². The predicted molar refractivity (Wildman–Crippen MR) is 306 cm³/mol. The lowest BCUT2D eigenvalue weighted by Crippen LogP contribution is -2.72. The third kappa shape index (κ3) is 9.49. The standard InChI is InChI=1S/C64H50ClN5O5S2/c65-58-54(67-62(77-58)68-63(44-29-13-3-14-30-44,45-31-15-4-16-32-45)46-33-17-5-18-34-46)55(69-75-64(47-35-19-6-20-36-47,48-37-21-7-22-38-48)49-39-23-8-24-40-49)59(71)66-53-51-41-50(57(76)56(61(73)74)70(51)60(53)72)52(42-25-9-1-10-26-42)43-27-11-2-12-28-43/h1-40,50-53,76H,41H2,(H,66,71)(H,67,68)(H,73,74)/t50?,51-,53+/m1/s1. The molecule has 380 valence electrons. The van der Waals surface area contributed by atoms with E-state index in [4.69, 9.17) is 39.2 Å². The smallest absolute Gasteiger partial charge is 0.353 e. The lowest BCUT2D eigenvalue weighted by molar-refractivity contribution is -0.156. The number of carbonyl (C=O) groups is 3. The minimum atomic E-state index is -1.43. The van der Waals surface area contributed by atoms with E-state index in [1.54, 1.807) is 0 Å². The number of hydrogen-bond donors (Lipinski definition) is 4. The Morgan fingerprint density at radius 1 is 0.636 bits per heavy atom. The summed E-state index contributed by atoms with van der Waals surface area (Å²) in [6, 6.07) is 76.5. The van der Waals surface area contributed by atoms with Crippen LogP contribution in [-0.4, -0.2) is 50.6 Å². The van der Waals surface area contributed by atoms with Gasteiger partial charge in [-0.3, -0.25) is 14.5 Å². The summed E-state index contributed by atoms with van der Waals surface area (Å²) in [5.41, 5.74) is 3.78. The van der Waals surface area contributed by atoms with Crippen LogP contribution in [0.4, 0.5) is 5.13 Å². The molecule has 3 N–H and O–H groups in total. The number of carbonyl (C=O) groups excluding carboxylic acids is 2. The van der Waals surface area contributed by atoms with E-state index in [1.807, 2.05) is 243 Å². The molecule has 0 bridgehead atoms. The fourth-order valence-corrected chi connectivity index (χ4v) is 12.6. The van der Waals surface area contributed by atoms with Gasteiger partial charge in [-0.05, 0) is 34.2 Å². The molecule has 0 radical (unpaired) electrons. The highest BCUT2D eigenvalue weighted by Gasteiger charge is 2.57. The highest BCUT2D eigenvalue weighted by molar-refractivity contribution is 7.84. The highest BCUT2D eigenvalue weighted by Crippen LogP contribution is 2.49. The van der Waals surface area contributed by atoms with Crippen LogP contribution in [0, 0.1) is 5.92 Å². The number of amides is 2. The van der Waals surface area contributed by atoms with Gasteiger partial charge >= 0.3 is 5.97 Å². The maximum atomic E-state index is 15.6. The molecule has 1 fully saturated rings. The predicted octanol–water partition coefficient (Wildman–Crippen LogP) is 12.7. The van der Waals surface area contributed by atoms with Gasteiger partial charge in [0.25, 0.3) is 11.8 Å². The molecule has 2 amide bonds. The Labute approximate surface area is 460 Å². The van der Waals surface area contributed by atoms with Crippen LogP contribution < -0.4 is 10.6 Å². The van der Waals surface area contributed by atoms with E-state index >= 15 is 4.79 Å². The second kappa shape index (κ2) is 22.0. The van der Waals surface area contributed by atoms with Crippen molar-refractivity contribution in [1.82, 2.24) is 15.2 Å². The summed E-state index contributed by atoms with van der Waals surface area (Å²) in [7, 11) is 0. The van der Waals surface area contributed by atoms with Crippen LogP contribution >= 0.6 is 35.6 Å². The highest BCUT2D eigenvalue weighted by atomic mass is 35.5. The first-order valence-electron chi connectivity index (χ1n) is 25.1. The molecule has 9 aromatic rings. The molecule has 1 aromatic heterocycles. The lowest BCUT2D eigenvalue weighted by Gasteiger charge is -2.52. The quantitative estimate of drug-likeness (QED) is 0.0235. The van der Waals surface area contributed by atoms with Crippen molar-refractivity contribution in [2.24, 2.45) is 11.1 Å². The number of allylic oxidation sites excluding steroid dienone is 1. The first-order valence-corrected chi connectivity index (χ1v) is 26.8. The van der Waals surface area contributed by atoms with Crippen molar-refractivity contribution in [2.45, 2.75) is 35.6 Å². The van der Waals surface area contributed by atoms with E-state index in [0.717, 1.165) is 39.2 Å². The lowest BCUT2D eigenvalue weighted by atomic mass is 9.72. The van der Waals surface area contributed by atoms with Crippen molar-refractivity contribution < 1.29 is 24.3 Å². The number of halogens is 1. The molecule has 1 saturated heterocycles. The fraction of sp³-hybridized carbons (Fsp3) is 0.109. The van der Waals surface area contributed by atoms with Crippen LogP contribution in [0.5, 0.6) is 0 Å². The second-order valence-electron chi connectivity index (χ2n) is 18.8. The number of oxime groups is 1. The van der Waals surface area contributed by atoms with Crippen molar-refractivity contribution in [3.05, 3.63) is 308 Å². The van der Waals surface area contributed by atoms with E-state index in [9.17, 15) is 14.7 Å². The zero-order chi connectivity index (χ0) is 52.9. The minimum Gasteiger partial charge on any atom is -0.477 e. The number of anilines is 1. The first-order chi connectivity index (χ1) is 37.7. The molecule has 10 nitrogen and oxygen atoms in total. The molecule has 3 heterocycles. The van der Waals surface area contributed by atoms with Gasteiger partial charge in [0.15, 0.2) is 10.8 Å². The van der Waals surface area contributed by atoms with Crippen molar-refractivity contribution in [2.75, 3.05) is 5.32 Å². The van der Waals surface area contributed by atoms with Crippen molar-refractivity contribution in [3.63, 3.8) is 0 Å². The van der Waals surface area contributed by atoms with Gasteiger partial charge < -0.3 is 20.6 Å². The summed E-state index contributed by atoms with van der Waals surface area (Å²) < 4.78 is 0.112. The number of thiol groups is 1. The van der Waals surface area contributed by atoms with Crippen LogP contribution in [0.15, 0.2) is 258 Å². The van der Waals surface area contributed by atoms with E-state index in [1.165, 1.54) is 4.90 Å². The zero-order valence-electron chi connectivity index (χ0n) is 41.3. The molecule has 1 unspecified atom stereocenters. The number of fused-ring (bicyclic) bond motifs is 1. The molecule has 13 heteroatoms. The van der Waals surface area contributed by atoms with Gasteiger partial charge in [0, 0.05) is 33.4 Å². The normalized spacial score (nSPS) is 16.6. The number of β-lactam (4-membered cyclic amide) rings is 1. The molecule has 77 heavy (non-hydrogen) atoms. The Kier molecular flexibility index (Phi) is 14.4. The number of carboxylic acids is 1. The maximum Gasteiger partial charge on any atom is 0.353 e. The number of nitrogens with one attached hydrogen (secondary N) is 2. The largest absolute Gasteiger partial charge is 0.477 e. The van der Waals surface area contributed by atoms with Gasteiger partial charge in [0.05, 0.1) is 6.04 Å². The number of thiazole rings is 1. The van der Waals surface area contributed by atoms with Gasteiger partial charge in [-0.1, -0.05) is 271 Å². The summed E-state index contributed by atoms with van der Waals surface area (Å²) >= 11 is 13.4. The van der Waals surface area contributed by atoms with Crippen LogP contribution in [0.2, 0.25) is 4.34 Å². The fourth-order valence-electron chi connectivity index (χ4n) is 11.0. The van der Waals surface area contributed by atoms with Gasteiger partial charge in [0.2, 0.25) is 5.60 Å². The average molecular weight is 1070 g/mol. The Balaban J connectivity index is 1.04. The summed E-state index contributed by atoms with van der Waals surface area (Å²) in [6.07, 6.45) is 0.273. The topological polar surface area (TPSA) is 133 Å². The first kappa shape index (κ1) is 50.6. The number of rotatable bonds is 17. The SMILES string of the molecule is O=C(O)C1=C(S)C(C(c2ccccc2)c2ccccc2)C[C@@H]2[C@H](NC(=O)C(=NOC(c3ccccc3)(c3ccccc3)c3ccccc3)c3nc(NC(c4ccccc4)(c4ccccc4)c4ccccc4)sc3Cl)C(=O)N12. The number of nitrogens with zero attached hydrogens (tertiary/aromatic N) is 3. The Hall–Kier alpha value is -8.55. The van der Waals surface area contributed by atoms with E-state index < -0.39 is 46.9 Å². The maximum absolute atomic E-state index is 15.6. The number of aromatic nitrogens is 1. The van der Waals surface area contributed by atoms with Gasteiger partial charge in [0.1, 0.15) is 27.3 Å². The Bertz CT molecular complexity index is 3360. The van der Waals surface area contributed by atoms with Crippen LogP contribution in [0.25, 0.3) is 0 Å². The molecule has 2 aliphatic rings. The molecule has 2 aliphatic heterocycles. The number of aliphatic carboxylic acids is 1. The summed E-state index contributed by atoms with van der Waals surface area (Å²) in [5, 5.41) is 22.8. The average Bonchev–Trinajstić information content (AvgIpc) is 3.85. The van der Waals surface area contributed by atoms with Gasteiger partial charge in [-0.2, -0.15) is 0 Å². The van der Waals surface area contributed by atoms with Crippen molar-refractivity contribution in [1.29, 1.82) is 0 Å². The Morgan fingerprint density at radius 3 is 1.43 bits per heavy atom. The molecule has 0 saturated carbocycles. The molecule has 11 rings (SSSR count).